The summed E-state index contributed by atoms with van der Waals surface area (Å²) in [6, 6.07) is 7.26. The molecule has 0 spiro atoms. The number of hydrogen-bond donors (Lipinski definition) is 1. The quantitative estimate of drug-likeness (QED) is 0.631. The molecular formula is C17H17Cl2FN2O4S2. The zero-order chi connectivity index (χ0) is 21.1. The number of carbonyl (C=O) groups excluding carboxylic acids is 1. The second kappa shape index (κ2) is 9.32. The largest absolute Gasteiger partial charge is 0.611 e. The first-order valence-corrected chi connectivity index (χ1v) is 11.4. The summed E-state index contributed by atoms with van der Waals surface area (Å²) in [5, 5.41) is 0.242. The molecule has 0 aliphatic rings. The van der Waals surface area contributed by atoms with E-state index in [1.807, 2.05) is 0 Å². The number of hydrogen-bond acceptors (Lipinski definition) is 4. The van der Waals surface area contributed by atoms with E-state index >= 15 is 0 Å². The summed E-state index contributed by atoms with van der Waals surface area (Å²) in [7, 11) is -1.18. The van der Waals surface area contributed by atoms with Crippen molar-refractivity contribution in [2.24, 2.45) is 0 Å². The predicted molar refractivity (Wildman–Crippen MR) is 108 cm³/mol. The SMILES string of the molecule is CN(C)C(=O)CC[S+]([O-])c1ccc(Cl)cc1NS(=O)(=O)c1ccc(Cl)cc1F. The first-order chi connectivity index (χ1) is 13.0. The molecule has 2 aromatic rings. The molecule has 0 bridgehead atoms. The van der Waals surface area contributed by atoms with E-state index in [2.05, 4.69) is 4.72 Å². The Morgan fingerprint density at radius 3 is 2.39 bits per heavy atom. The molecule has 11 heteroatoms. The van der Waals surface area contributed by atoms with E-state index < -0.39 is 31.9 Å². The van der Waals surface area contributed by atoms with Gasteiger partial charge in [-0.3, -0.25) is 9.52 Å². The summed E-state index contributed by atoms with van der Waals surface area (Å²) >= 11 is 9.90. The van der Waals surface area contributed by atoms with Gasteiger partial charge in [0.2, 0.25) is 5.91 Å². The van der Waals surface area contributed by atoms with E-state index in [0.717, 1.165) is 12.1 Å². The number of carbonyl (C=O) groups is 1. The normalized spacial score (nSPS) is 12.5. The number of sulfonamides is 1. The fourth-order valence-electron chi connectivity index (χ4n) is 2.19. The van der Waals surface area contributed by atoms with Gasteiger partial charge in [0, 0.05) is 24.1 Å². The Morgan fingerprint density at radius 1 is 1.18 bits per heavy atom. The van der Waals surface area contributed by atoms with Crippen molar-refractivity contribution < 1.29 is 22.2 Å². The minimum atomic E-state index is -4.33. The van der Waals surface area contributed by atoms with Gasteiger partial charge >= 0.3 is 0 Å². The van der Waals surface area contributed by atoms with Crippen molar-refractivity contribution >= 4 is 56.0 Å². The lowest BCUT2D eigenvalue weighted by Crippen LogP contribution is -2.24. The molecule has 2 rings (SSSR count). The zero-order valence-corrected chi connectivity index (χ0v) is 18.1. The number of benzene rings is 2. The number of nitrogens with zero attached hydrogens (tertiary/aromatic N) is 1. The molecule has 0 saturated carbocycles. The second-order valence-electron chi connectivity index (χ2n) is 5.91. The van der Waals surface area contributed by atoms with Crippen LogP contribution in [0.25, 0.3) is 0 Å². The van der Waals surface area contributed by atoms with Gasteiger partial charge in [-0.05, 0) is 47.6 Å². The van der Waals surface area contributed by atoms with Crippen LogP contribution in [-0.4, -0.2) is 43.6 Å². The van der Waals surface area contributed by atoms with E-state index in [-0.39, 0.29) is 38.7 Å². The van der Waals surface area contributed by atoms with Crippen LogP contribution in [-0.2, 0) is 26.0 Å². The first-order valence-electron chi connectivity index (χ1n) is 7.87. The minimum Gasteiger partial charge on any atom is -0.611 e. The number of rotatable bonds is 7. The van der Waals surface area contributed by atoms with Crippen molar-refractivity contribution in [3.63, 3.8) is 0 Å². The maximum Gasteiger partial charge on any atom is 0.264 e. The van der Waals surface area contributed by atoms with Crippen molar-refractivity contribution in [1.29, 1.82) is 0 Å². The fourth-order valence-corrected chi connectivity index (χ4v) is 4.87. The smallest absolute Gasteiger partial charge is 0.264 e. The Bertz CT molecular complexity index is 987. The van der Waals surface area contributed by atoms with Gasteiger partial charge in [-0.25, -0.2) is 12.8 Å². The summed E-state index contributed by atoms with van der Waals surface area (Å²) in [6.45, 7) is 0. The van der Waals surface area contributed by atoms with Crippen molar-refractivity contribution in [2.75, 3.05) is 24.6 Å². The minimum absolute atomic E-state index is 0.0112. The number of halogens is 3. The van der Waals surface area contributed by atoms with Crippen LogP contribution in [0, 0.1) is 5.82 Å². The average molecular weight is 467 g/mol. The Hall–Kier alpha value is -1.52. The third-order valence-corrected chi connectivity index (χ3v) is 6.91. The molecule has 0 radical (unpaired) electrons. The highest BCUT2D eigenvalue weighted by molar-refractivity contribution is 7.93. The number of amides is 1. The molecule has 1 N–H and O–H groups in total. The summed E-state index contributed by atoms with van der Waals surface area (Å²) in [6.07, 6.45) is 0.0141. The van der Waals surface area contributed by atoms with Crippen LogP contribution < -0.4 is 4.72 Å². The average Bonchev–Trinajstić information content (AvgIpc) is 2.58. The topological polar surface area (TPSA) is 89.5 Å². The van der Waals surface area contributed by atoms with Crippen LogP contribution in [0.15, 0.2) is 46.2 Å². The van der Waals surface area contributed by atoms with E-state index in [1.54, 1.807) is 14.1 Å². The molecule has 0 aliphatic heterocycles. The Labute approximate surface area is 175 Å². The highest BCUT2D eigenvalue weighted by atomic mass is 35.5. The predicted octanol–water partition coefficient (Wildman–Crippen LogP) is 3.52. The highest BCUT2D eigenvalue weighted by Crippen LogP contribution is 2.30. The van der Waals surface area contributed by atoms with Crippen molar-refractivity contribution in [1.82, 2.24) is 4.90 Å². The summed E-state index contributed by atoms with van der Waals surface area (Å²) < 4.78 is 54.0. The lowest BCUT2D eigenvalue weighted by Gasteiger charge is -2.17. The van der Waals surface area contributed by atoms with E-state index in [1.165, 1.54) is 29.2 Å². The van der Waals surface area contributed by atoms with Crippen LogP contribution in [0.4, 0.5) is 10.1 Å². The molecule has 28 heavy (non-hydrogen) atoms. The molecule has 0 aromatic heterocycles. The summed E-state index contributed by atoms with van der Waals surface area (Å²) in [5.74, 6) is -1.25. The van der Waals surface area contributed by atoms with E-state index in [9.17, 15) is 22.2 Å². The monoisotopic (exact) mass is 466 g/mol. The van der Waals surface area contributed by atoms with Crippen LogP contribution in [0.3, 0.4) is 0 Å². The van der Waals surface area contributed by atoms with Gasteiger partial charge in [-0.15, -0.1) is 0 Å². The van der Waals surface area contributed by atoms with Crippen molar-refractivity contribution in [3.8, 4) is 0 Å². The summed E-state index contributed by atoms with van der Waals surface area (Å²) in [4.78, 5) is 12.6. The Kier molecular flexibility index (Phi) is 7.58. The Morgan fingerprint density at radius 2 is 1.79 bits per heavy atom. The fraction of sp³-hybridized carbons (Fsp3) is 0.235. The van der Waals surface area contributed by atoms with Gasteiger partial charge in [0.25, 0.3) is 10.0 Å². The van der Waals surface area contributed by atoms with Crippen LogP contribution in [0.1, 0.15) is 6.42 Å². The molecule has 0 fully saturated rings. The molecule has 1 amide bonds. The number of anilines is 1. The van der Waals surface area contributed by atoms with Crippen molar-refractivity contribution in [3.05, 3.63) is 52.3 Å². The molecule has 6 nitrogen and oxygen atoms in total. The lowest BCUT2D eigenvalue weighted by atomic mass is 10.3. The third kappa shape index (κ3) is 5.74. The van der Waals surface area contributed by atoms with Crippen LogP contribution in [0.2, 0.25) is 10.0 Å². The first kappa shape index (κ1) is 22.8. The number of nitrogens with one attached hydrogen (secondary N) is 1. The molecule has 2 aromatic carbocycles. The Balaban J connectivity index is 2.32. The third-order valence-electron chi connectivity index (χ3n) is 3.61. The molecule has 152 valence electrons. The van der Waals surface area contributed by atoms with Gasteiger partial charge < -0.3 is 9.45 Å². The van der Waals surface area contributed by atoms with Gasteiger partial charge in [0.1, 0.15) is 22.2 Å². The molecule has 1 unspecified atom stereocenters. The maximum atomic E-state index is 14.0. The van der Waals surface area contributed by atoms with Crippen LogP contribution in [0.5, 0.6) is 0 Å². The van der Waals surface area contributed by atoms with Gasteiger partial charge in [-0.1, -0.05) is 23.2 Å². The molecule has 1 atom stereocenters. The van der Waals surface area contributed by atoms with E-state index in [4.69, 9.17) is 23.2 Å². The highest BCUT2D eigenvalue weighted by Gasteiger charge is 2.25. The second-order valence-corrected chi connectivity index (χ2v) is 9.97. The summed E-state index contributed by atoms with van der Waals surface area (Å²) in [5.41, 5.74) is -0.0579. The van der Waals surface area contributed by atoms with Gasteiger partial charge in [0.05, 0.1) is 6.42 Å². The van der Waals surface area contributed by atoms with Crippen LogP contribution >= 0.6 is 23.2 Å². The van der Waals surface area contributed by atoms with Crippen molar-refractivity contribution in [2.45, 2.75) is 16.2 Å². The standard InChI is InChI=1S/C17H17Cl2FN2O4S2/c1-22(2)17(23)7-8-27(24)15-5-3-12(19)10-14(15)21-28(25,26)16-6-4-11(18)9-13(16)20/h3-6,9-10,21H,7-8H2,1-2H3. The van der Waals surface area contributed by atoms with Gasteiger partial charge in [-0.2, -0.15) is 0 Å². The van der Waals surface area contributed by atoms with E-state index in [0.29, 0.717) is 0 Å². The molecule has 0 heterocycles. The molecular weight excluding hydrogens is 450 g/mol. The lowest BCUT2D eigenvalue weighted by molar-refractivity contribution is -0.128. The zero-order valence-electron chi connectivity index (χ0n) is 14.9. The maximum absolute atomic E-state index is 14.0. The molecule has 0 aliphatic carbocycles. The van der Waals surface area contributed by atoms with Gasteiger partial charge in [0.15, 0.2) is 4.90 Å². The molecule has 0 saturated heterocycles.